The molecular weight excluding hydrogens is 188 g/mol. The molecule has 1 aliphatic carbocycles. The fraction of sp³-hybridized carbons (Fsp3) is 0.308. The van der Waals surface area contributed by atoms with Gasteiger partial charge in [0.05, 0.1) is 5.92 Å². The van der Waals surface area contributed by atoms with Gasteiger partial charge in [-0.15, -0.1) is 0 Å². The Morgan fingerprint density at radius 2 is 1.80 bits per heavy atom. The van der Waals surface area contributed by atoms with Gasteiger partial charge in [-0.25, -0.2) is 0 Å². The minimum Gasteiger partial charge on any atom is -0.481 e. The van der Waals surface area contributed by atoms with Crippen molar-refractivity contribution in [3.63, 3.8) is 0 Å². The molecule has 0 fully saturated rings. The Hall–Kier alpha value is -1.57. The quantitative estimate of drug-likeness (QED) is 0.749. The number of carboxylic acids is 1. The van der Waals surface area contributed by atoms with E-state index in [1.54, 1.807) is 0 Å². The molecule has 2 atom stereocenters. The summed E-state index contributed by atoms with van der Waals surface area (Å²) in [4.78, 5) is 11.1. The van der Waals surface area contributed by atoms with E-state index < -0.39 is 5.97 Å². The molecule has 1 aromatic carbocycles. The summed E-state index contributed by atoms with van der Waals surface area (Å²) in [6, 6.07) is 9.91. The molecule has 0 aliphatic heterocycles. The Bertz CT molecular complexity index is 367. The fourth-order valence-corrected chi connectivity index (χ4v) is 2.16. The number of benzene rings is 1. The Balaban J connectivity index is 2.27. The first-order valence-corrected chi connectivity index (χ1v) is 5.22. The van der Waals surface area contributed by atoms with Gasteiger partial charge >= 0.3 is 5.97 Å². The van der Waals surface area contributed by atoms with Gasteiger partial charge in [-0.1, -0.05) is 42.5 Å². The second kappa shape index (κ2) is 4.30. The van der Waals surface area contributed by atoms with Crippen LogP contribution in [0.15, 0.2) is 42.5 Å². The highest BCUT2D eigenvalue weighted by molar-refractivity contribution is 5.72. The van der Waals surface area contributed by atoms with Crippen molar-refractivity contribution in [2.45, 2.75) is 18.8 Å². The van der Waals surface area contributed by atoms with Gasteiger partial charge in [-0.2, -0.15) is 0 Å². The minimum absolute atomic E-state index is 0.133. The molecule has 0 saturated heterocycles. The van der Waals surface area contributed by atoms with E-state index in [4.69, 9.17) is 5.11 Å². The average Bonchev–Trinajstić information content (AvgIpc) is 2.30. The Morgan fingerprint density at radius 3 is 2.47 bits per heavy atom. The summed E-state index contributed by atoms with van der Waals surface area (Å²) < 4.78 is 0. The third kappa shape index (κ3) is 2.09. The predicted molar refractivity (Wildman–Crippen MR) is 58.7 cm³/mol. The average molecular weight is 202 g/mol. The molecule has 1 aliphatic rings. The number of hydrogen-bond donors (Lipinski definition) is 1. The van der Waals surface area contributed by atoms with E-state index in [1.165, 1.54) is 0 Å². The highest BCUT2D eigenvalue weighted by atomic mass is 16.4. The van der Waals surface area contributed by atoms with Gasteiger partial charge in [0, 0.05) is 5.92 Å². The maximum absolute atomic E-state index is 11.1. The van der Waals surface area contributed by atoms with Gasteiger partial charge in [-0.3, -0.25) is 4.79 Å². The third-order valence-corrected chi connectivity index (χ3v) is 2.98. The van der Waals surface area contributed by atoms with E-state index in [0.717, 1.165) is 12.0 Å². The summed E-state index contributed by atoms with van der Waals surface area (Å²) in [5.74, 6) is -0.820. The molecule has 1 N–H and O–H groups in total. The van der Waals surface area contributed by atoms with Crippen molar-refractivity contribution in [3.8, 4) is 0 Å². The van der Waals surface area contributed by atoms with Crippen LogP contribution in [-0.4, -0.2) is 11.1 Å². The van der Waals surface area contributed by atoms with Crippen LogP contribution in [0.1, 0.15) is 24.3 Å². The van der Waals surface area contributed by atoms with Gasteiger partial charge in [0.25, 0.3) is 0 Å². The van der Waals surface area contributed by atoms with Crippen LogP contribution >= 0.6 is 0 Å². The van der Waals surface area contributed by atoms with Gasteiger partial charge in [-0.05, 0) is 18.4 Å². The van der Waals surface area contributed by atoms with Crippen LogP contribution in [0.4, 0.5) is 0 Å². The number of aliphatic carboxylic acids is 1. The third-order valence-electron chi connectivity index (χ3n) is 2.98. The lowest BCUT2D eigenvalue weighted by molar-refractivity contribution is -0.142. The molecule has 15 heavy (non-hydrogen) atoms. The molecular formula is C13H14O2. The van der Waals surface area contributed by atoms with Crippen molar-refractivity contribution in [1.82, 2.24) is 0 Å². The summed E-state index contributed by atoms with van der Waals surface area (Å²) >= 11 is 0. The number of rotatable bonds is 2. The van der Waals surface area contributed by atoms with Crippen LogP contribution in [0, 0.1) is 5.92 Å². The zero-order chi connectivity index (χ0) is 10.7. The molecule has 2 rings (SSSR count). The van der Waals surface area contributed by atoms with Crippen LogP contribution < -0.4 is 0 Å². The van der Waals surface area contributed by atoms with Crippen LogP contribution in [-0.2, 0) is 4.79 Å². The van der Waals surface area contributed by atoms with Gasteiger partial charge in [0.2, 0.25) is 0 Å². The topological polar surface area (TPSA) is 37.3 Å². The van der Waals surface area contributed by atoms with Crippen LogP contribution in [0.3, 0.4) is 0 Å². The maximum atomic E-state index is 11.1. The number of carbonyl (C=O) groups is 1. The van der Waals surface area contributed by atoms with Crippen molar-refractivity contribution in [3.05, 3.63) is 48.0 Å². The molecule has 0 unspecified atom stereocenters. The molecule has 0 heterocycles. The SMILES string of the molecule is O=C(O)[C@H]1CC=CC[C@@H]1c1ccccc1. The lowest BCUT2D eigenvalue weighted by Gasteiger charge is -2.25. The standard InChI is InChI=1S/C13H14O2/c14-13(15)12-9-5-4-8-11(12)10-6-2-1-3-7-10/h1-7,11-12H,8-9H2,(H,14,15)/t11-,12+/m1/s1. The zero-order valence-corrected chi connectivity index (χ0v) is 8.47. The fourth-order valence-electron chi connectivity index (χ4n) is 2.16. The van der Waals surface area contributed by atoms with Gasteiger partial charge in [0.15, 0.2) is 0 Å². The monoisotopic (exact) mass is 202 g/mol. The molecule has 0 bridgehead atoms. The second-order valence-electron chi connectivity index (χ2n) is 3.90. The van der Waals surface area contributed by atoms with Gasteiger partial charge in [0.1, 0.15) is 0 Å². The van der Waals surface area contributed by atoms with E-state index in [1.807, 2.05) is 36.4 Å². The highest BCUT2D eigenvalue weighted by Crippen LogP contribution is 2.34. The van der Waals surface area contributed by atoms with Crippen LogP contribution in [0.25, 0.3) is 0 Å². The minimum atomic E-state index is -0.687. The number of carboxylic acid groups (broad SMARTS) is 1. The van der Waals surface area contributed by atoms with E-state index in [-0.39, 0.29) is 11.8 Å². The molecule has 0 spiro atoms. The summed E-state index contributed by atoms with van der Waals surface area (Å²) in [6.07, 6.45) is 5.53. The Kier molecular flexibility index (Phi) is 2.86. The predicted octanol–water partition coefficient (Wildman–Crippen LogP) is 2.82. The van der Waals surface area contributed by atoms with Crippen molar-refractivity contribution in [1.29, 1.82) is 0 Å². The summed E-state index contributed by atoms with van der Waals surface area (Å²) in [5.41, 5.74) is 1.13. The number of allylic oxidation sites excluding steroid dienone is 2. The van der Waals surface area contributed by atoms with Crippen molar-refractivity contribution < 1.29 is 9.90 Å². The van der Waals surface area contributed by atoms with Gasteiger partial charge < -0.3 is 5.11 Å². The molecule has 78 valence electrons. The Labute approximate surface area is 89.2 Å². The van der Waals surface area contributed by atoms with Crippen molar-refractivity contribution in [2.24, 2.45) is 5.92 Å². The second-order valence-corrected chi connectivity index (χ2v) is 3.90. The van der Waals surface area contributed by atoms with E-state index in [0.29, 0.717) is 6.42 Å². The van der Waals surface area contributed by atoms with E-state index in [9.17, 15) is 4.79 Å². The van der Waals surface area contributed by atoms with E-state index in [2.05, 4.69) is 6.08 Å². The first-order chi connectivity index (χ1) is 7.29. The molecule has 1 aromatic rings. The lowest BCUT2D eigenvalue weighted by Crippen LogP contribution is -2.23. The van der Waals surface area contributed by atoms with Crippen molar-refractivity contribution >= 4 is 5.97 Å². The van der Waals surface area contributed by atoms with E-state index >= 15 is 0 Å². The summed E-state index contributed by atoms with van der Waals surface area (Å²) in [7, 11) is 0. The maximum Gasteiger partial charge on any atom is 0.307 e. The summed E-state index contributed by atoms with van der Waals surface area (Å²) in [6.45, 7) is 0. The first-order valence-electron chi connectivity index (χ1n) is 5.22. The lowest BCUT2D eigenvalue weighted by atomic mass is 9.79. The Morgan fingerprint density at radius 1 is 1.13 bits per heavy atom. The van der Waals surface area contributed by atoms with Crippen LogP contribution in [0.2, 0.25) is 0 Å². The largest absolute Gasteiger partial charge is 0.481 e. The summed E-state index contributed by atoms with van der Waals surface area (Å²) in [5, 5.41) is 9.14. The van der Waals surface area contributed by atoms with Crippen molar-refractivity contribution in [2.75, 3.05) is 0 Å². The number of hydrogen-bond acceptors (Lipinski definition) is 1. The molecule has 0 aromatic heterocycles. The molecule has 0 saturated carbocycles. The zero-order valence-electron chi connectivity index (χ0n) is 8.47. The van der Waals surface area contributed by atoms with Crippen LogP contribution in [0.5, 0.6) is 0 Å². The highest BCUT2D eigenvalue weighted by Gasteiger charge is 2.29. The smallest absolute Gasteiger partial charge is 0.307 e. The molecule has 0 amide bonds. The first kappa shape index (κ1) is 9.97. The molecule has 0 radical (unpaired) electrons. The normalized spacial score (nSPS) is 25.1. The molecule has 2 nitrogen and oxygen atoms in total. The molecule has 2 heteroatoms.